The molecule has 0 amide bonds. The van der Waals surface area contributed by atoms with E-state index in [-0.39, 0.29) is 0 Å². The number of anilines is 1. The van der Waals surface area contributed by atoms with Crippen molar-refractivity contribution in [2.75, 3.05) is 11.3 Å². The van der Waals surface area contributed by atoms with Crippen LogP contribution in [0.1, 0.15) is 22.9 Å². The summed E-state index contributed by atoms with van der Waals surface area (Å²) in [6, 6.07) is 3.74. The second kappa shape index (κ2) is 5.17. The molecule has 0 aliphatic carbocycles. The van der Waals surface area contributed by atoms with Gasteiger partial charge in [0.2, 0.25) is 10.0 Å². The average molecular weight is 296 g/mol. The van der Waals surface area contributed by atoms with Crippen LogP contribution in [-0.4, -0.2) is 20.2 Å². The van der Waals surface area contributed by atoms with Gasteiger partial charge < -0.3 is 5.32 Å². The number of nitrogens with zero attached hydrogens (tertiary/aromatic N) is 2. The summed E-state index contributed by atoms with van der Waals surface area (Å²) in [6.45, 7) is 2.73. The fraction of sp³-hybridized carbons (Fsp3) is 0.455. The minimum absolute atomic E-state index is 0.318. The lowest BCUT2D eigenvalue weighted by Gasteiger charge is -2.11. The van der Waals surface area contributed by atoms with Crippen molar-refractivity contribution in [3.63, 3.8) is 0 Å². The highest BCUT2D eigenvalue weighted by Crippen LogP contribution is 2.35. The lowest BCUT2D eigenvalue weighted by Crippen LogP contribution is -2.24. The van der Waals surface area contributed by atoms with E-state index in [1.807, 2.05) is 0 Å². The van der Waals surface area contributed by atoms with Gasteiger partial charge in [-0.25, -0.2) is 8.42 Å². The summed E-state index contributed by atoms with van der Waals surface area (Å²) in [7, 11) is -3.77. The summed E-state index contributed by atoms with van der Waals surface area (Å²) >= 11 is 1.26. The lowest BCUT2D eigenvalue weighted by atomic mass is 10.1. The Labute approximate surface area is 115 Å². The summed E-state index contributed by atoms with van der Waals surface area (Å²) in [5.74, 6) is 0. The van der Waals surface area contributed by atoms with E-state index in [1.165, 1.54) is 18.3 Å². The molecular formula is C11H12N4O2S2. The molecule has 100 valence electrons. The van der Waals surface area contributed by atoms with Gasteiger partial charge in [0, 0.05) is 11.4 Å². The number of sulfonamides is 1. The third-order valence-corrected chi connectivity index (χ3v) is 5.72. The summed E-state index contributed by atoms with van der Waals surface area (Å²) in [6.07, 6.45) is 0.713. The Morgan fingerprint density at radius 2 is 2.21 bits per heavy atom. The van der Waals surface area contributed by atoms with Crippen LogP contribution in [0.15, 0.2) is 0 Å². The number of nitrogens with one attached hydrogen (secondary N) is 2. The van der Waals surface area contributed by atoms with Crippen molar-refractivity contribution in [1.82, 2.24) is 5.32 Å². The maximum Gasteiger partial charge on any atom is 0.249 e. The second-order valence-electron chi connectivity index (χ2n) is 4.16. The third-order valence-electron chi connectivity index (χ3n) is 2.92. The van der Waals surface area contributed by atoms with Crippen molar-refractivity contribution in [3.8, 4) is 12.1 Å². The molecule has 1 unspecified atom stereocenters. The van der Waals surface area contributed by atoms with Gasteiger partial charge in [0.1, 0.15) is 11.1 Å². The van der Waals surface area contributed by atoms with Crippen molar-refractivity contribution in [2.24, 2.45) is 0 Å². The van der Waals surface area contributed by atoms with Gasteiger partial charge in [-0.05, 0) is 25.5 Å². The fourth-order valence-electron chi connectivity index (χ4n) is 1.81. The molecule has 0 fully saturated rings. The molecule has 19 heavy (non-hydrogen) atoms. The summed E-state index contributed by atoms with van der Waals surface area (Å²) in [5.41, 5.74) is 1.30. The smallest absolute Gasteiger partial charge is 0.249 e. The van der Waals surface area contributed by atoms with Crippen LogP contribution >= 0.6 is 11.3 Å². The molecule has 8 heteroatoms. The first kappa shape index (κ1) is 13.8. The van der Waals surface area contributed by atoms with Crippen molar-refractivity contribution in [2.45, 2.75) is 25.1 Å². The zero-order chi connectivity index (χ0) is 14.0. The van der Waals surface area contributed by atoms with E-state index in [9.17, 15) is 13.7 Å². The summed E-state index contributed by atoms with van der Waals surface area (Å²) in [5, 5.41) is 20.2. The van der Waals surface area contributed by atoms with E-state index >= 15 is 0 Å². The van der Waals surface area contributed by atoms with Crippen LogP contribution in [0.3, 0.4) is 0 Å². The molecule has 0 radical (unpaired) electrons. The highest BCUT2D eigenvalue weighted by atomic mass is 32.2. The quantitative estimate of drug-likeness (QED) is 0.862. The molecule has 0 spiro atoms. The predicted octanol–water partition coefficient (Wildman–Crippen LogP) is 0.919. The standard InChI is InChI=1S/C11H12N4O2S2/c1-7(4-12)19(16,17)15-11-9(5-13)8-2-3-14-6-10(8)18-11/h7,14-15H,2-3,6H2,1H3. The van der Waals surface area contributed by atoms with Gasteiger partial charge in [-0.1, -0.05) is 0 Å². The van der Waals surface area contributed by atoms with Crippen molar-refractivity contribution < 1.29 is 8.42 Å². The molecule has 2 heterocycles. The predicted molar refractivity (Wildman–Crippen MR) is 72.1 cm³/mol. The molecule has 1 aliphatic rings. The van der Waals surface area contributed by atoms with E-state index in [1.54, 1.807) is 6.07 Å². The molecular weight excluding hydrogens is 284 g/mol. The molecule has 0 bridgehead atoms. The Kier molecular flexibility index (Phi) is 3.76. The van der Waals surface area contributed by atoms with Gasteiger partial charge in [0.05, 0.1) is 11.6 Å². The Bertz CT molecular complexity index is 679. The van der Waals surface area contributed by atoms with Gasteiger partial charge in [0.25, 0.3) is 0 Å². The zero-order valence-corrected chi connectivity index (χ0v) is 11.9. The molecule has 2 rings (SSSR count). The van der Waals surface area contributed by atoms with E-state index in [0.29, 0.717) is 23.5 Å². The number of nitriles is 2. The van der Waals surface area contributed by atoms with Gasteiger partial charge in [-0.15, -0.1) is 11.3 Å². The summed E-state index contributed by atoms with van der Waals surface area (Å²) in [4.78, 5) is 0.977. The maximum absolute atomic E-state index is 11.9. The minimum atomic E-state index is -3.77. The van der Waals surface area contributed by atoms with Crippen LogP contribution in [0, 0.1) is 22.7 Å². The largest absolute Gasteiger partial charge is 0.312 e. The van der Waals surface area contributed by atoms with Crippen LogP contribution < -0.4 is 10.0 Å². The van der Waals surface area contributed by atoms with Crippen molar-refractivity contribution in [1.29, 1.82) is 10.5 Å². The van der Waals surface area contributed by atoms with Crippen LogP contribution in [0.4, 0.5) is 5.00 Å². The molecule has 6 nitrogen and oxygen atoms in total. The average Bonchev–Trinajstić information content (AvgIpc) is 2.73. The Balaban J connectivity index is 2.40. The number of fused-ring (bicyclic) bond motifs is 1. The molecule has 1 aromatic rings. The molecule has 1 aliphatic heterocycles. The Hall–Kier alpha value is -1.61. The number of hydrogen-bond donors (Lipinski definition) is 2. The second-order valence-corrected chi connectivity index (χ2v) is 7.27. The van der Waals surface area contributed by atoms with E-state index in [2.05, 4.69) is 16.1 Å². The zero-order valence-electron chi connectivity index (χ0n) is 10.2. The van der Waals surface area contributed by atoms with Crippen LogP contribution in [0.5, 0.6) is 0 Å². The normalized spacial score (nSPS) is 15.9. The first-order valence-electron chi connectivity index (χ1n) is 5.66. The molecule has 0 saturated carbocycles. The summed E-state index contributed by atoms with van der Waals surface area (Å²) < 4.78 is 26.1. The highest BCUT2D eigenvalue weighted by molar-refractivity contribution is 7.93. The Morgan fingerprint density at radius 3 is 2.84 bits per heavy atom. The molecule has 2 N–H and O–H groups in total. The van der Waals surface area contributed by atoms with Crippen LogP contribution in [0.2, 0.25) is 0 Å². The fourth-order valence-corrected chi connectivity index (χ4v) is 4.02. The highest BCUT2D eigenvalue weighted by Gasteiger charge is 2.26. The molecule has 1 atom stereocenters. The van der Waals surface area contributed by atoms with Crippen LogP contribution in [0.25, 0.3) is 0 Å². The monoisotopic (exact) mass is 296 g/mol. The topological polar surface area (TPSA) is 106 Å². The molecule has 0 saturated heterocycles. The van der Waals surface area contributed by atoms with Crippen molar-refractivity contribution >= 4 is 26.4 Å². The van der Waals surface area contributed by atoms with E-state index in [0.717, 1.165) is 17.0 Å². The van der Waals surface area contributed by atoms with Gasteiger partial charge >= 0.3 is 0 Å². The van der Waals surface area contributed by atoms with Crippen LogP contribution in [-0.2, 0) is 23.0 Å². The Morgan fingerprint density at radius 1 is 1.47 bits per heavy atom. The van der Waals surface area contributed by atoms with E-state index < -0.39 is 15.3 Å². The first-order chi connectivity index (χ1) is 8.99. The number of rotatable bonds is 3. The van der Waals surface area contributed by atoms with Crippen molar-refractivity contribution in [3.05, 3.63) is 16.0 Å². The van der Waals surface area contributed by atoms with Gasteiger partial charge in [0.15, 0.2) is 5.25 Å². The first-order valence-corrected chi connectivity index (χ1v) is 8.02. The number of hydrogen-bond acceptors (Lipinski definition) is 6. The van der Waals surface area contributed by atoms with Gasteiger partial charge in [-0.3, -0.25) is 4.72 Å². The van der Waals surface area contributed by atoms with Gasteiger partial charge in [-0.2, -0.15) is 10.5 Å². The van der Waals surface area contributed by atoms with E-state index in [4.69, 9.17) is 5.26 Å². The molecule has 1 aromatic heterocycles. The maximum atomic E-state index is 11.9. The minimum Gasteiger partial charge on any atom is -0.312 e. The number of thiophene rings is 1. The lowest BCUT2D eigenvalue weighted by molar-refractivity contribution is 0.597. The SMILES string of the molecule is CC(C#N)S(=O)(=O)Nc1sc2c(c1C#N)CCNC2. The molecule has 0 aromatic carbocycles. The third kappa shape index (κ3) is 2.56.